The van der Waals surface area contributed by atoms with E-state index in [0.717, 1.165) is 0 Å². The highest BCUT2D eigenvalue weighted by Crippen LogP contribution is 2.21. The van der Waals surface area contributed by atoms with Crippen LogP contribution >= 0.6 is 23.2 Å². The van der Waals surface area contributed by atoms with E-state index in [1.54, 1.807) is 24.3 Å². The second-order valence-electron chi connectivity index (χ2n) is 4.66. The van der Waals surface area contributed by atoms with Crippen molar-refractivity contribution in [3.63, 3.8) is 0 Å². The van der Waals surface area contributed by atoms with E-state index >= 15 is 0 Å². The van der Waals surface area contributed by atoms with Crippen LogP contribution in [0.1, 0.15) is 5.56 Å². The summed E-state index contributed by atoms with van der Waals surface area (Å²) in [6.07, 6.45) is 0. The first-order chi connectivity index (χ1) is 10.9. The number of ether oxygens (including phenoxy) is 1. The molecule has 0 aliphatic heterocycles. The molecule has 0 aromatic heterocycles. The summed E-state index contributed by atoms with van der Waals surface area (Å²) in [5.74, 6) is -0.606. The van der Waals surface area contributed by atoms with Gasteiger partial charge in [-0.3, -0.25) is 0 Å². The quantitative estimate of drug-likeness (QED) is 0.749. The van der Waals surface area contributed by atoms with Gasteiger partial charge in [0.05, 0.1) is 5.75 Å². The number of hydrogen-bond donors (Lipinski definition) is 1. The largest absolute Gasteiger partial charge is 0.492 e. The van der Waals surface area contributed by atoms with Crippen LogP contribution in [0, 0.1) is 5.82 Å². The van der Waals surface area contributed by atoms with Gasteiger partial charge in [-0.15, -0.1) is 0 Å². The van der Waals surface area contributed by atoms with Gasteiger partial charge in [0.2, 0.25) is 10.0 Å². The van der Waals surface area contributed by atoms with Crippen molar-refractivity contribution in [1.29, 1.82) is 0 Å². The molecule has 2 aromatic carbocycles. The van der Waals surface area contributed by atoms with Crippen LogP contribution in [0.5, 0.6) is 5.75 Å². The molecule has 0 aliphatic rings. The highest BCUT2D eigenvalue weighted by Gasteiger charge is 2.16. The van der Waals surface area contributed by atoms with Crippen molar-refractivity contribution < 1.29 is 17.5 Å². The Morgan fingerprint density at radius 2 is 1.78 bits per heavy atom. The smallest absolute Gasteiger partial charge is 0.216 e. The third-order valence-electron chi connectivity index (χ3n) is 2.90. The Balaban J connectivity index is 1.86. The van der Waals surface area contributed by atoms with Crippen LogP contribution in [0.15, 0.2) is 42.5 Å². The van der Waals surface area contributed by atoms with Gasteiger partial charge in [0.1, 0.15) is 18.2 Å². The Morgan fingerprint density at radius 3 is 2.43 bits per heavy atom. The molecular weight excluding hydrogens is 364 g/mol. The number of benzene rings is 2. The van der Waals surface area contributed by atoms with Crippen LogP contribution in [0.2, 0.25) is 10.0 Å². The average molecular weight is 378 g/mol. The van der Waals surface area contributed by atoms with E-state index in [0.29, 0.717) is 10.8 Å². The second-order valence-corrected chi connectivity index (χ2v) is 7.31. The standard InChI is InChI=1S/C15H14Cl2FNO3S/c16-11-4-6-12(7-5-11)22-9-8-19-23(20,21)10-13-14(17)2-1-3-15(13)18/h1-7,19H,8-10H2. The molecule has 0 saturated heterocycles. The van der Waals surface area contributed by atoms with Gasteiger partial charge in [0.25, 0.3) is 0 Å². The first-order valence-corrected chi connectivity index (χ1v) is 9.07. The Bertz CT molecular complexity index is 747. The van der Waals surface area contributed by atoms with Gasteiger partial charge >= 0.3 is 0 Å². The number of nitrogens with one attached hydrogen (secondary N) is 1. The van der Waals surface area contributed by atoms with Crippen LogP contribution in [0.4, 0.5) is 4.39 Å². The third kappa shape index (κ3) is 5.66. The van der Waals surface area contributed by atoms with Gasteiger partial charge in [-0.05, 0) is 36.4 Å². The monoisotopic (exact) mass is 377 g/mol. The maximum Gasteiger partial charge on any atom is 0.216 e. The van der Waals surface area contributed by atoms with E-state index < -0.39 is 21.6 Å². The first-order valence-electron chi connectivity index (χ1n) is 6.66. The lowest BCUT2D eigenvalue weighted by Crippen LogP contribution is -2.29. The summed E-state index contributed by atoms with van der Waals surface area (Å²) in [6.45, 7) is 0.183. The summed E-state index contributed by atoms with van der Waals surface area (Å²) < 4.78 is 45.2. The maximum atomic E-state index is 13.6. The minimum atomic E-state index is -3.72. The summed E-state index contributed by atoms with van der Waals surface area (Å²) in [4.78, 5) is 0. The molecule has 0 unspecified atom stereocenters. The van der Waals surface area contributed by atoms with E-state index in [-0.39, 0.29) is 23.7 Å². The SMILES string of the molecule is O=S(=O)(Cc1c(F)cccc1Cl)NCCOc1ccc(Cl)cc1. The number of sulfonamides is 1. The molecule has 23 heavy (non-hydrogen) atoms. The molecule has 0 atom stereocenters. The van der Waals surface area contributed by atoms with Gasteiger partial charge in [0.15, 0.2) is 0 Å². The predicted octanol–water partition coefficient (Wildman–Crippen LogP) is 3.63. The van der Waals surface area contributed by atoms with Gasteiger partial charge in [-0.25, -0.2) is 17.5 Å². The van der Waals surface area contributed by atoms with Gasteiger partial charge in [0, 0.05) is 22.2 Å². The van der Waals surface area contributed by atoms with E-state index in [1.807, 2.05) is 0 Å². The first kappa shape index (κ1) is 18.0. The topological polar surface area (TPSA) is 55.4 Å². The van der Waals surface area contributed by atoms with Gasteiger partial charge in [-0.2, -0.15) is 0 Å². The molecule has 4 nitrogen and oxygen atoms in total. The highest BCUT2D eigenvalue weighted by molar-refractivity contribution is 7.88. The molecule has 0 spiro atoms. The maximum absolute atomic E-state index is 13.6. The van der Waals surface area contributed by atoms with Crippen molar-refractivity contribution in [1.82, 2.24) is 4.72 Å². The zero-order valence-corrected chi connectivity index (χ0v) is 14.3. The number of hydrogen-bond acceptors (Lipinski definition) is 3. The molecule has 1 N–H and O–H groups in total. The number of rotatable bonds is 7. The molecule has 0 aliphatic carbocycles. The highest BCUT2D eigenvalue weighted by atomic mass is 35.5. The van der Waals surface area contributed by atoms with Crippen molar-refractivity contribution in [3.05, 3.63) is 63.9 Å². The van der Waals surface area contributed by atoms with Crippen molar-refractivity contribution in [2.24, 2.45) is 0 Å². The van der Waals surface area contributed by atoms with Crippen LogP contribution in [-0.2, 0) is 15.8 Å². The molecule has 0 heterocycles. The molecule has 2 aromatic rings. The molecule has 0 bridgehead atoms. The molecule has 2 rings (SSSR count). The average Bonchev–Trinajstić information content (AvgIpc) is 2.49. The minimum absolute atomic E-state index is 0.0526. The molecule has 0 amide bonds. The minimum Gasteiger partial charge on any atom is -0.492 e. The molecule has 0 saturated carbocycles. The van der Waals surface area contributed by atoms with Crippen molar-refractivity contribution >= 4 is 33.2 Å². The Morgan fingerprint density at radius 1 is 1.09 bits per heavy atom. The van der Waals surface area contributed by atoms with Crippen molar-refractivity contribution in [2.45, 2.75) is 5.75 Å². The lowest BCUT2D eigenvalue weighted by Gasteiger charge is -2.10. The Labute approximate surface area is 144 Å². The lowest BCUT2D eigenvalue weighted by molar-refractivity contribution is 0.323. The van der Waals surface area contributed by atoms with Crippen LogP contribution in [0.3, 0.4) is 0 Å². The van der Waals surface area contributed by atoms with Gasteiger partial charge < -0.3 is 4.74 Å². The lowest BCUT2D eigenvalue weighted by atomic mass is 10.2. The molecule has 8 heteroatoms. The zero-order valence-electron chi connectivity index (χ0n) is 11.9. The van der Waals surface area contributed by atoms with E-state index in [1.165, 1.54) is 18.2 Å². The third-order valence-corrected chi connectivity index (χ3v) is 4.82. The normalized spacial score (nSPS) is 11.4. The van der Waals surface area contributed by atoms with Crippen LogP contribution in [-0.4, -0.2) is 21.6 Å². The fourth-order valence-electron chi connectivity index (χ4n) is 1.81. The zero-order chi connectivity index (χ0) is 16.9. The molecule has 0 radical (unpaired) electrons. The summed E-state index contributed by atoms with van der Waals surface area (Å²) in [5.41, 5.74) is -0.0553. The fourth-order valence-corrected chi connectivity index (χ4v) is 3.41. The van der Waals surface area contributed by atoms with Crippen molar-refractivity contribution in [3.8, 4) is 5.75 Å². The van der Waals surface area contributed by atoms with Crippen molar-refractivity contribution in [2.75, 3.05) is 13.2 Å². The molecular formula is C15H14Cl2FNO3S. The predicted molar refractivity (Wildman–Crippen MR) is 89.0 cm³/mol. The molecule has 124 valence electrons. The van der Waals surface area contributed by atoms with Crippen LogP contribution < -0.4 is 9.46 Å². The summed E-state index contributed by atoms with van der Waals surface area (Å²) in [6, 6.07) is 10.7. The van der Waals surface area contributed by atoms with Crippen LogP contribution in [0.25, 0.3) is 0 Å². The second kappa shape index (κ2) is 7.97. The van der Waals surface area contributed by atoms with E-state index in [2.05, 4.69) is 4.72 Å². The summed E-state index contributed by atoms with van der Waals surface area (Å²) in [7, 11) is -3.72. The summed E-state index contributed by atoms with van der Waals surface area (Å²) in [5, 5.41) is 0.660. The number of halogens is 3. The Hall–Kier alpha value is -1.34. The Kier molecular flexibility index (Phi) is 6.24. The molecule has 0 fully saturated rings. The van der Waals surface area contributed by atoms with Gasteiger partial charge in [-0.1, -0.05) is 29.3 Å². The summed E-state index contributed by atoms with van der Waals surface area (Å²) >= 11 is 11.6. The van der Waals surface area contributed by atoms with E-state index in [9.17, 15) is 12.8 Å². The van der Waals surface area contributed by atoms with E-state index in [4.69, 9.17) is 27.9 Å². The fraction of sp³-hybridized carbons (Fsp3) is 0.200.